The van der Waals surface area contributed by atoms with Gasteiger partial charge in [0.05, 0.1) is 5.56 Å². The number of nitrogens with zero attached hydrogens (tertiary/aromatic N) is 1. The molecule has 1 rings (SSSR count). The third kappa shape index (κ3) is 8.61. The maximum Gasteiger partial charge on any atom is 0.227 e. The van der Waals surface area contributed by atoms with Crippen LogP contribution in [0.2, 0.25) is 0 Å². The predicted octanol–water partition coefficient (Wildman–Crippen LogP) is 3.48. The Kier molecular flexibility index (Phi) is 12.5. The van der Waals surface area contributed by atoms with Crippen LogP contribution in [0.3, 0.4) is 0 Å². The summed E-state index contributed by atoms with van der Waals surface area (Å²) in [4.78, 5) is 12.2. The van der Waals surface area contributed by atoms with Crippen LogP contribution < -0.4 is 15.4 Å². The third-order valence-electron chi connectivity index (χ3n) is 4.47. The number of nitriles is 1. The highest BCUT2D eigenvalue weighted by atomic mass is 35.5. The summed E-state index contributed by atoms with van der Waals surface area (Å²) in [6.45, 7) is 8.61. The molecule has 1 aromatic rings. The lowest BCUT2D eigenvalue weighted by Crippen LogP contribution is -2.36. The molecule has 152 valence electrons. The molecule has 3 N–H and O–H groups in total. The van der Waals surface area contributed by atoms with Gasteiger partial charge < -0.3 is 20.5 Å². The molecule has 2 unspecified atom stereocenters. The average Bonchev–Trinajstić information content (AvgIpc) is 2.65. The van der Waals surface area contributed by atoms with Gasteiger partial charge in [-0.05, 0) is 44.4 Å². The molecule has 0 aliphatic heterocycles. The summed E-state index contributed by atoms with van der Waals surface area (Å²) in [6.07, 6.45) is 1.87. The molecule has 0 saturated carbocycles. The topological polar surface area (TPSA) is 94.4 Å². The number of rotatable bonds is 11. The Hall–Kier alpha value is -1.81. The van der Waals surface area contributed by atoms with E-state index in [1.54, 1.807) is 18.2 Å². The first kappa shape index (κ1) is 25.2. The molecule has 7 heteroatoms. The van der Waals surface area contributed by atoms with Crippen molar-refractivity contribution >= 4 is 24.0 Å². The lowest BCUT2D eigenvalue weighted by atomic mass is 10.0. The molecular formula is C20H32ClN3O3. The fourth-order valence-electron chi connectivity index (χ4n) is 2.45. The molecule has 0 aliphatic rings. The lowest BCUT2D eigenvalue weighted by molar-refractivity contribution is -0.120. The van der Waals surface area contributed by atoms with Gasteiger partial charge >= 0.3 is 0 Å². The van der Waals surface area contributed by atoms with Crippen LogP contribution in [0.5, 0.6) is 5.75 Å². The average molecular weight is 398 g/mol. The highest BCUT2D eigenvalue weighted by Gasteiger charge is 2.15. The number of anilines is 1. The molecule has 0 aliphatic carbocycles. The number of ether oxygens (including phenoxy) is 1. The first-order valence-electron chi connectivity index (χ1n) is 9.34. The van der Waals surface area contributed by atoms with Crippen LogP contribution >= 0.6 is 12.4 Å². The zero-order valence-corrected chi connectivity index (χ0v) is 17.4. The number of hydrogen-bond acceptors (Lipinski definition) is 5. The molecule has 0 spiro atoms. The molecule has 27 heavy (non-hydrogen) atoms. The molecule has 0 radical (unpaired) electrons. The number of carbonyl (C=O) groups excluding carboxylic acids is 1. The van der Waals surface area contributed by atoms with Crippen LogP contribution in [-0.4, -0.2) is 36.3 Å². The van der Waals surface area contributed by atoms with Crippen LogP contribution in [0, 0.1) is 17.2 Å². The van der Waals surface area contributed by atoms with Crippen molar-refractivity contribution in [1.82, 2.24) is 5.32 Å². The standard InChI is InChI=1S/C20H31N3O3.ClH/c1-5-14(4)22-12-18(24)13-26-19-9-8-17(10-16(19)11-21)23-20(25)15(6-2)7-3;/h8-10,14-15,18,22,24H,5-7,12-13H2,1-4H3,(H,23,25);1H. The fourth-order valence-corrected chi connectivity index (χ4v) is 2.45. The molecular weight excluding hydrogens is 366 g/mol. The second-order valence-electron chi connectivity index (χ2n) is 6.51. The second kappa shape index (κ2) is 13.4. The van der Waals surface area contributed by atoms with Gasteiger partial charge in [-0.1, -0.05) is 20.8 Å². The van der Waals surface area contributed by atoms with Gasteiger partial charge in [0.1, 0.15) is 24.5 Å². The number of amides is 1. The summed E-state index contributed by atoms with van der Waals surface area (Å²) >= 11 is 0. The van der Waals surface area contributed by atoms with Gasteiger partial charge in [-0.3, -0.25) is 4.79 Å². The first-order chi connectivity index (χ1) is 12.4. The normalized spacial score (nSPS) is 12.6. The highest BCUT2D eigenvalue weighted by Crippen LogP contribution is 2.23. The van der Waals surface area contributed by atoms with Gasteiger partial charge in [-0.25, -0.2) is 0 Å². The summed E-state index contributed by atoms with van der Waals surface area (Å²) in [6, 6.07) is 7.36. The molecule has 1 amide bonds. The molecule has 0 bridgehead atoms. The Morgan fingerprint density at radius 3 is 2.48 bits per heavy atom. The van der Waals surface area contributed by atoms with Crippen LogP contribution in [0.15, 0.2) is 18.2 Å². The summed E-state index contributed by atoms with van der Waals surface area (Å²) in [5.74, 6) is 0.319. The van der Waals surface area contributed by atoms with Crippen molar-refractivity contribution in [3.05, 3.63) is 23.8 Å². The van der Waals surface area contributed by atoms with Crippen molar-refractivity contribution in [1.29, 1.82) is 5.26 Å². The van der Waals surface area contributed by atoms with E-state index in [1.165, 1.54) is 0 Å². The van der Waals surface area contributed by atoms with Crippen LogP contribution in [0.25, 0.3) is 0 Å². The molecule has 0 heterocycles. The molecule has 2 atom stereocenters. The number of aliphatic hydroxyl groups is 1. The van der Waals surface area contributed by atoms with Crippen LogP contribution in [-0.2, 0) is 4.79 Å². The number of benzene rings is 1. The highest BCUT2D eigenvalue weighted by molar-refractivity contribution is 5.92. The van der Waals surface area contributed by atoms with Gasteiger partial charge in [-0.2, -0.15) is 5.26 Å². The summed E-state index contributed by atoms with van der Waals surface area (Å²) in [7, 11) is 0. The summed E-state index contributed by atoms with van der Waals surface area (Å²) in [5.41, 5.74) is 0.902. The van der Waals surface area contributed by atoms with Crippen LogP contribution in [0.1, 0.15) is 52.5 Å². The minimum atomic E-state index is -0.662. The van der Waals surface area contributed by atoms with E-state index in [9.17, 15) is 15.2 Å². The Balaban J connectivity index is 0.00000676. The molecule has 1 aromatic carbocycles. The smallest absolute Gasteiger partial charge is 0.227 e. The second-order valence-corrected chi connectivity index (χ2v) is 6.51. The van der Waals surface area contributed by atoms with Gasteiger partial charge in [-0.15, -0.1) is 12.4 Å². The Morgan fingerprint density at radius 2 is 1.93 bits per heavy atom. The minimum Gasteiger partial charge on any atom is -0.489 e. The van der Waals surface area contributed by atoms with Gasteiger partial charge in [0.25, 0.3) is 0 Å². The van der Waals surface area contributed by atoms with Crippen molar-refractivity contribution in [3.8, 4) is 11.8 Å². The van der Waals surface area contributed by atoms with Crippen molar-refractivity contribution in [2.75, 3.05) is 18.5 Å². The van der Waals surface area contributed by atoms with Crippen molar-refractivity contribution in [2.45, 2.75) is 59.1 Å². The summed E-state index contributed by atoms with van der Waals surface area (Å²) < 4.78 is 5.58. The SMILES string of the molecule is CCC(C)NCC(O)COc1ccc(NC(=O)C(CC)CC)cc1C#N.Cl. The Bertz CT molecular complexity index is 615. The zero-order chi connectivity index (χ0) is 19.5. The van der Waals surface area contributed by atoms with E-state index in [1.807, 2.05) is 13.8 Å². The maximum absolute atomic E-state index is 12.2. The van der Waals surface area contributed by atoms with Crippen molar-refractivity contribution < 1.29 is 14.6 Å². The molecule has 0 aromatic heterocycles. The third-order valence-corrected chi connectivity index (χ3v) is 4.47. The molecule has 0 saturated heterocycles. The van der Waals surface area contributed by atoms with E-state index >= 15 is 0 Å². The van der Waals surface area contributed by atoms with Gasteiger partial charge in [0, 0.05) is 24.2 Å². The number of halogens is 1. The van der Waals surface area contributed by atoms with Crippen molar-refractivity contribution in [2.24, 2.45) is 5.92 Å². The Labute approximate surface area is 168 Å². The quantitative estimate of drug-likeness (QED) is 0.531. The zero-order valence-electron chi connectivity index (χ0n) is 16.6. The van der Waals surface area contributed by atoms with Gasteiger partial charge in [0.15, 0.2) is 0 Å². The van der Waals surface area contributed by atoms with E-state index in [4.69, 9.17) is 4.74 Å². The fraction of sp³-hybridized carbons (Fsp3) is 0.600. The maximum atomic E-state index is 12.2. The monoisotopic (exact) mass is 397 g/mol. The number of hydrogen-bond donors (Lipinski definition) is 3. The Morgan fingerprint density at radius 1 is 1.26 bits per heavy atom. The first-order valence-corrected chi connectivity index (χ1v) is 9.34. The number of nitrogens with one attached hydrogen (secondary N) is 2. The lowest BCUT2D eigenvalue weighted by Gasteiger charge is -2.17. The minimum absolute atomic E-state index is 0. The largest absolute Gasteiger partial charge is 0.489 e. The van der Waals surface area contributed by atoms with E-state index in [0.717, 1.165) is 19.3 Å². The number of aliphatic hydroxyl groups excluding tert-OH is 1. The summed E-state index contributed by atoms with van der Waals surface area (Å²) in [5, 5.41) is 25.4. The van der Waals surface area contributed by atoms with E-state index in [2.05, 4.69) is 30.6 Å². The van der Waals surface area contributed by atoms with E-state index < -0.39 is 6.10 Å². The van der Waals surface area contributed by atoms with Crippen molar-refractivity contribution in [3.63, 3.8) is 0 Å². The molecule has 0 fully saturated rings. The van der Waals surface area contributed by atoms with Crippen LogP contribution in [0.4, 0.5) is 5.69 Å². The molecule has 6 nitrogen and oxygen atoms in total. The van der Waals surface area contributed by atoms with Gasteiger partial charge in [0.2, 0.25) is 5.91 Å². The predicted molar refractivity (Wildman–Crippen MR) is 110 cm³/mol. The number of carbonyl (C=O) groups is 1. The van der Waals surface area contributed by atoms with E-state index in [0.29, 0.717) is 29.6 Å². The van der Waals surface area contributed by atoms with E-state index in [-0.39, 0.29) is 30.8 Å².